The second kappa shape index (κ2) is 8.93. The number of halogens is 1. The minimum atomic E-state index is -0.368. The van der Waals surface area contributed by atoms with Gasteiger partial charge < -0.3 is 10.1 Å². The van der Waals surface area contributed by atoms with Crippen LogP contribution in [0.3, 0.4) is 0 Å². The number of benzene rings is 1. The highest BCUT2D eigenvalue weighted by Crippen LogP contribution is 2.40. The molecule has 1 aliphatic carbocycles. The molecule has 6 heteroatoms. The van der Waals surface area contributed by atoms with E-state index in [4.69, 9.17) is 16.3 Å². The molecule has 1 amide bonds. The third-order valence-corrected chi connectivity index (χ3v) is 6.13. The number of thiophene rings is 1. The van der Waals surface area contributed by atoms with E-state index in [1.165, 1.54) is 22.3 Å². The summed E-state index contributed by atoms with van der Waals surface area (Å²) in [6, 6.07) is 7.30. The van der Waals surface area contributed by atoms with Crippen LogP contribution in [0.2, 0.25) is 5.02 Å². The Bertz CT molecular complexity index is 917. The van der Waals surface area contributed by atoms with Crippen molar-refractivity contribution >= 4 is 45.9 Å². The molecule has 0 spiro atoms. The average molecular weight is 418 g/mol. The number of fused-ring (bicyclic) bond motifs is 1. The van der Waals surface area contributed by atoms with Gasteiger partial charge >= 0.3 is 5.97 Å². The summed E-state index contributed by atoms with van der Waals surface area (Å²) >= 11 is 7.60. The topological polar surface area (TPSA) is 55.4 Å². The van der Waals surface area contributed by atoms with E-state index in [2.05, 4.69) is 12.2 Å². The summed E-state index contributed by atoms with van der Waals surface area (Å²) in [6.07, 6.45) is 5.67. The van der Waals surface area contributed by atoms with Gasteiger partial charge in [-0.15, -0.1) is 11.3 Å². The number of rotatable bonds is 5. The number of hydrogen-bond donors (Lipinski definition) is 1. The Kier molecular flexibility index (Phi) is 6.57. The Morgan fingerprint density at radius 3 is 2.79 bits per heavy atom. The van der Waals surface area contributed by atoms with Crippen molar-refractivity contribution in [2.24, 2.45) is 5.92 Å². The first-order valence-electron chi connectivity index (χ1n) is 9.44. The summed E-state index contributed by atoms with van der Waals surface area (Å²) in [5.74, 6) is -0.0959. The van der Waals surface area contributed by atoms with Crippen LogP contribution in [0.5, 0.6) is 0 Å². The van der Waals surface area contributed by atoms with Gasteiger partial charge in [0.25, 0.3) is 0 Å². The normalized spacial score (nSPS) is 16.2. The van der Waals surface area contributed by atoms with Gasteiger partial charge in [0.1, 0.15) is 5.00 Å². The number of carbonyl (C=O) groups excluding carboxylic acids is 2. The molecule has 4 nitrogen and oxygen atoms in total. The molecule has 0 saturated carbocycles. The van der Waals surface area contributed by atoms with Crippen LogP contribution in [0.25, 0.3) is 6.08 Å². The molecule has 1 unspecified atom stereocenters. The minimum Gasteiger partial charge on any atom is -0.459 e. The zero-order chi connectivity index (χ0) is 20.3. The van der Waals surface area contributed by atoms with E-state index >= 15 is 0 Å². The Balaban J connectivity index is 1.85. The molecule has 28 heavy (non-hydrogen) atoms. The molecule has 0 saturated heterocycles. The smallest absolute Gasteiger partial charge is 0.341 e. The fourth-order valence-corrected chi connectivity index (χ4v) is 4.86. The quantitative estimate of drug-likeness (QED) is 0.498. The van der Waals surface area contributed by atoms with E-state index < -0.39 is 0 Å². The summed E-state index contributed by atoms with van der Waals surface area (Å²) in [5, 5.41) is 4.02. The lowest BCUT2D eigenvalue weighted by Gasteiger charge is -2.18. The summed E-state index contributed by atoms with van der Waals surface area (Å²) < 4.78 is 5.44. The van der Waals surface area contributed by atoms with Crippen LogP contribution >= 0.6 is 22.9 Å². The van der Waals surface area contributed by atoms with E-state index in [-0.39, 0.29) is 18.0 Å². The van der Waals surface area contributed by atoms with Crippen LogP contribution in [0.15, 0.2) is 30.3 Å². The number of amides is 1. The van der Waals surface area contributed by atoms with Crippen molar-refractivity contribution in [3.63, 3.8) is 0 Å². The largest absolute Gasteiger partial charge is 0.459 e. The van der Waals surface area contributed by atoms with Crippen molar-refractivity contribution in [1.82, 2.24) is 0 Å². The number of anilines is 1. The van der Waals surface area contributed by atoms with Crippen molar-refractivity contribution < 1.29 is 14.3 Å². The fourth-order valence-electron chi connectivity index (χ4n) is 3.26. The van der Waals surface area contributed by atoms with E-state index in [0.29, 0.717) is 21.5 Å². The maximum atomic E-state index is 12.7. The number of ether oxygens (including phenoxy) is 1. The molecule has 0 radical (unpaired) electrons. The number of hydrogen-bond acceptors (Lipinski definition) is 4. The fraction of sp³-hybridized carbons (Fsp3) is 0.364. The molecule has 1 N–H and O–H groups in total. The van der Waals surface area contributed by atoms with Crippen molar-refractivity contribution in [3.05, 3.63) is 56.9 Å². The van der Waals surface area contributed by atoms with Crippen molar-refractivity contribution in [3.8, 4) is 0 Å². The molecule has 1 atom stereocenters. The van der Waals surface area contributed by atoms with Crippen molar-refractivity contribution in [2.75, 3.05) is 5.32 Å². The number of carbonyl (C=O) groups is 2. The van der Waals surface area contributed by atoms with Gasteiger partial charge in [-0.2, -0.15) is 0 Å². The van der Waals surface area contributed by atoms with Gasteiger partial charge in [0.2, 0.25) is 5.91 Å². The van der Waals surface area contributed by atoms with Gasteiger partial charge in [0.05, 0.1) is 11.7 Å². The third-order valence-electron chi connectivity index (χ3n) is 4.61. The van der Waals surface area contributed by atoms with Gasteiger partial charge in [-0.05, 0) is 62.3 Å². The maximum absolute atomic E-state index is 12.7. The van der Waals surface area contributed by atoms with Crippen LogP contribution in [0.4, 0.5) is 5.00 Å². The number of esters is 1. The van der Waals surface area contributed by atoms with Crippen LogP contribution < -0.4 is 5.32 Å². The molecule has 1 aliphatic rings. The van der Waals surface area contributed by atoms with Gasteiger partial charge in [-0.25, -0.2) is 4.79 Å². The van der Waals surface area contributed by atoms with Gasteiger partial charge in [-0.3, -0.25) is 4.79 Å². The molecule has 1 aromatic heterocycles. The van der Waals surface area contributed by atoms with Crippen molar-refractivity contribution in [1.29, 1.82) is 0 Å². The molecule has 0 bridgehead atoms. The first-order chi connectivity index (χ1) is 13.3. The third kappa shape index (κ3) is 4.83. The SMILES string of the molecule is CC1CCc2c(sc(NC(=O)/C=C/c3ccccc3Cl)c2C(=O)OC(C)C)C1. The zero-order valence-electron chi connectivity index (χ0n) is 16.3. The van der Waals surface area contributed by atoms with Gasteiger partial charge in [0.15, 0.2) is 0 Å². The van der Waals surface area contributed by atoms with E-state index in [1.54, 1.807) is 12.1 Å². The predicted octanol–water partition coefficient (Wildman–Crippen LogP) is 5.74. The molecule has 2 aromatic rings. The standard InChI is InChI=1S/C22H24ClNO3S/c1-13(2)27-22(26)20-16-10-8-14(3)12-18(16)28-21(20)24-19(25)11-9-15-6-4-5-7-17(15)23/h4-7,9,11,13-14H,8,10,12H2,1-3H3,(H,24,25)/b11-9+. The molecule has 148 valence electrons. The van der Waals surface area contributed by atoms with Crippen LogP contribution in [0, 0.1) is 5.92 Å². The molecular weight excluding hydrogens is 394 g/mol. The first kappa shape index (κ1) is 20.6. The summed E-state index contributed by atoms with van der Waals surface area (Å²) in [5.41, 5.74) is 2.30. The predicted molar refractivity (Wildman–Crippen MR) is 115 cm³/mol. The Hall–Kier alpha value is -2.11. The highest BCUT2D eigenvalue weighted by Gasteiger charge is 2.29. The average Bonchev–Trinajstić information content (AvgIpc) is 2.97. The molecule has 0 fully saturated rings. The van der Waals surface area contributed by atoms with E-state index in [1.807, 2.05) is 32.0 Å². The van der Waals surface area contributed by atoms with Gasteiger partial charge in [-0.1, -0.05) is 36.7 Å². The number of nitrogens with one attached hydrogen (secondary N) is 1. The Morgan fingerprint density at radius 1 is 1.32 bits per heavy atom. The summed E-state index contributed by atoms with van der Waals surface area (Å²) in [6.45, 7) is 5.85. The highest BCUT2D eigenvalue weighted by molar-refractivity contribution is 7.17. The zero-order valence-corrected chi connectivity index (χ0v) is 17.8. The summed E-state index contributed by atoms with van der Waals surface area (Å²) in [7, 11) is 0. The van der Waals surface area contributed by atoms with Gasteiger partial charge in [0, 0.05) is 16.0 Å². The monoisotopic (exact) mass is 417 g/mol. The van der Waals surface area contributed by atoms with Crippen LogP contribution in [-0.2, 0) is 22.4 Å². The molecule has 1 heterocycles. The van der Waals surface area contributed by atoms with Crippen molar-refractivity contribution in [2.45, 2.75) is 46.1 Å². The van der Waals surface area contributed by atoms with Crippen LogP contribution in [-0.4, -0.2) is 18.0 Å². The summed E-state index contributed by atoms with van der Waals surface area (Å²) in [4.78, 5) is 26.3. The molecular formula is C22H24ClNO3S. The maximum Gasteiger partial charge on any atom is 0.341 e. The molecule has 0 aliphatic heterocycles. The lowest BCUT2D eigenvalue weighted by Crippen LogP contribution is -2.18. The molecule has 1 aromatic carbocycles. The first-order valence-corrected chi connectivity index (χ1v) is 10.6. The Labute approximate surface area is 174 Å². The minimum absolute atomic E-state index is 0.214. The lowest BCUT2D eigenvalue weighted by atomic mass is 9.88. The van der Waals surface area contributed by atoms with Crippen LogP contribution in [0.1, 0.15) is 53.6 Å². The second-order valence-corrected chi connectivity index (χ2v) is 8.87. The highest BCUT2D eigenvalue weighted by atomic mass is 35.5. The Morgan fingerprint density at radius 2 is 2.07 bits per heavy atom. The lowest BCUT2D eigenvalue weighted by molar-refractivity contribution is -0.111. The van der Waals surface area contributed by atoms with E-state index in [9.17, 15) is 9.59 Å². The molecule has 3 rings (SSSR count). The second-order valence-electron chi connectivity index (χ2n) is 7.35. The van der Waals surface area contributed by atoms with E-state index in [0.717, 1.165) is 30.4 Å².